The number of aromatic nitrogens is 1. The number of anilines is 2. The monoisotopic (exact) mass is 395 g/mol. The van der Waals surface area contributed by atoms with Crippen LogP contribution in [-0.4, -0.2) is 22.6 Å². The first-order valence-electron chi connectivity index (χ1n) is 8.55. The summed E-state index contributed by atoms with van der Waals surface area (Å²) in [5.41, 5.74) is 4.31. The van der Waals surface area contributed by atoms with Crippen LogP contribution in [0.1, 0.15) is 22.8 Å². The minimum absolute atomic E-state index is 0.0521. The van der Waals surface area contributed by atoms with Crippen molar-refractivity contribution in [3.8, 4) is 11.3 Å². The number of carbonyl (C=O) groups excluding carboxylic acids is 2. The summed E-state index contributed by atoms with van der Waals surface area (Å²) in [5.74, 6) is 0.105. The lowest BCUT2D eigenvalue weighted by atomic mass is 10.1. The maximum absolute atomic E-state index is 12.5. The number of nitrogens with zero attached hydrogens (tertiary/aromatic N) is 1. The highest BCUT2D eigenvalue weighted by Gasteiger charge is 2.18. The number of carbonyl (C=O) groups is 2. The Morgan fingerprint density at radius 3 is 2.81 bits per heavy atom. The molecule has 0 fully saturated rings. The van der Waals surface area contributed by atoms with E-state index in [1.54, 1.807) is 12.1 Å². The summed E-state index contributed by atoms with van der Waals surface area (Å²) in [4.78, 5) is 29.6. The Hall–Kier alpha value is -2.64. The molecular weight excluding hydrogens is 378 g/mol. The minimum Gasteiger partial charge on any atom is -0.324 e. The van der Waals surface area contributed by atoms with Gasteiger partial charge < -0.3 is 5.32 Å². The van der Waals surface area contributed by atoms with E-state index in [2.05, 4.69) is 34.7 Å². The SMILES string of the molecule is CCc1ccc(-c2csc(NC(=O)c3ccc4c(c3)NC(=O)CS4)n2)cc1. The highest BCUT2D eigenvalue weighted by molar-refractivity contribution is 8.00. The number of thiazole rings is 1. The third-order valence-corrected chi connectivity index (χ3v) is 6.09. The van der Waals surface area contributed by atoms with Gasteiger partial charge in [-0.3, -0.25) is 14.9 Å². The first-order valence-corrected chi connectivity index (χ1v) is 10.4. The molecule has 2 aromatic carbocycles. The fourth-order valence-electron chi connectivity index (χ4n) is 2.77. The lowest BCUT2D eigenvalue weighted by Gasteiger charge is -2.16. The van der Waals surface area contributed by atoms with Gasteiger partial charge in [0.1, 0.15) is 0 Å². The highest BCUT2D eigenvalue weighted by atomic mass is 32.2. The van der Waals surface area contributed by atoms with Gasteiger partial charge in [0.05, 0.1) is 17.1 Å². The Labute approximate surface area is 165 Å². The predicted octanol–water partition coefficient (Wildman–Crippen LogP) is 4.67. The lowest BCUT2D eigenvalue weighted by molar-refractivity contribution is -0.113. The maximum Gasteiger partial charge on any atom is 0.257 e. The number of hydrogen-bond acceptors (Lipinski definition) is 5. The number of fused-ring (bicyclic) bond motifs is 1. The zero-order chi connectivity index (χ0) is 18.8. The van der Waals surface area contributed by atoms with E-state index in [-0.39, 0.29) is 11.8 Å². The van der Waals surface area contributed by atoms with Crippen molar-refractivity contribution in [2.45, 2.75) is 18.2 Å². The Morgan fingerprint density at radius 2 is 2.04 bits per heavy atom. The molecule has 0 spiro atoms. The number of rotatable bonds is 4. The molecule has 1 aromatic heterocycles. The van der Waals surface area contributed by atoms with Gasteiger partial charge in [0, 0.05) is 21.4 Å². The van der Waals surface area contributed by atoms with Gasteiger partial charge in [-0.05, 0) is 30.2 Å². The first kappa shape index (κ1) is 17.8. The first-order chi connectivity index (χ1) is 13.1. The van der Waals surface area contributed by atoms with Crippen molar-refractivity contribution in [1.82, 2.24) is 4.98 Å². The van der Waals surface area contributed by atoms with E-state index in [4.69, 9.17) is 0 Å². The van der Waals surface area contributed by atoms with E-state index in [0.29, 0.717) is 22.1 Å². The third kappa shape index (κ3) is 3.89. The Bertz CT molecular complexity index is 1010. The van der Waals surface area contributed by atoms with Crippen LogP contribution in [0.2, 0.25) is 0 Å². The summed E-state index contributed by atoms with van der Waals surface area (Å²) in [7, 11) is 0. The smallest absolute Gasteiger partial charge is 0.257 e. The number of aryl methyl sites for hydroxylation is 1. The molecular formula is C20H17N3O2S2. The molecule has 0 saturated carbocycles. The molecule has 3 aromatic rings. The van der Waals surface area contributed by atoms with Crippen molar-refractivity contribution in [2.24, 2.45) is 0 Å². The van der Waals surface area contributed by atoms with Crippen molar-refractivity contribution in [2.75, 3.05) is 16.4 Å². The van der Waals surface area contributed by atoms with Crippen LogP contribution < -0.4 is 10.6 Å². The van der Waals surface area contributed by atoms with Gasteiger partial charge >= 0.3 is 0 Å². The topological polar surface area (TPSA) is 71.1 Å². The van der Waals surface area contributed by atoms with Gasteiger partial charge in [-0.1, -0.05) is 31.2 Å². The summed E-state index contributed by atoms with van der Waals surface area (Å²) >= 11 is 2.86. The van der Waals surface area contributed by atoms with Crippen LogP contribution in [0, 0.1) is 0 Å². The van der Waals surface area contributed by atoms with Gasteiger partial charge in [-0.2, -0.15) is 0 Å². The summed E-state index contributed by atoms with van der Waals surface area (Å²) in [6.07, 6.45) is 0.998. The second-order valence-electron chi connectivity index (χ2n) is 6.09. The second-order valence-corrected chi connectivity index (χ2v) is 7.97. The fraction of sp³-hybridized carbons (Fsp3) is 0.150. The van der Waals surface area contributed by atoms with Crippen molar-refractivity contribution >= 4 is 45.7 Å². The van der Waals surface area contributed by atoms with E-state index in [9.17, 15) is 9.59 Å². The largest absolute Gasteiger partial charge is 0.324 e. The van der Waals surface area contributed by atoms with Crippen LogP contribution in [-0.2, 0) is 11.2 Å². The molecule has 5 nitrogen and oxygen atoms in total. The van der Waals surface area contributed by atoms with Gasteiger partial charge in [-0.15, -0.1) is 23.1 Å². The summed E-state index contributed by atoms with van der Waals surface area (Å²) in [5, 5.41) is 8.12. The van der Waals surface area contributed by atoms with Crippen molar-refractivity contribution in [1.29, 1.82) is 0 Å². The Balaban J connectivity index is 1.49. The molecule has 4 rings (SSSR count). The molecule has 2 amide bonds. The maximum atomic E-state index is 12.5. The minimum atomic E-state index is -0.246. The second kappa shape index (κ2) is 7.54. The van der Waals surface area contributed by atoms with Crippen LogP contribution in [0.5, 0.6) is 0 Å². The quantitative estimate of drug-likeness (QED) is 0.673. The van der Waals surface area contributed by atoms with E-state index in [1.807, 2.05) is 23.6 Å². The number of hydrogen-bond donors (Lipinski definition) is 2. The van der Waals surface area contributed by atoms with E-state index < -0.39 is 0 Å². The van der Waals surface area contributed by atoms with Crippen LogP contribution in [0.4, 0.5) is 10.8 Å². The van der Waals surface area contributed by atoms with Gasteiger partial charge in [0.25, 0.3) is 5.91 Å². The van der Waals surface area contributed by atoms with Crippen LogP contribution in [0.3, 0.4) is 0 Å². The summed E-state index contributed by atoms with van der Waals surface area (Å²) in [6, 6.07) is 13.6. The molecule has 0 unspecified atom stereocenters. The molecule has 0 aliphatic carbocycles. The normalized spacial score (nSPS) is 13.0. The molecule has 0 atom stereocenters. The average molecular weight is 396 g/mol. The van der Waals surface area contributed by atoms with E-state index >= 15 is 0 Å². The molecule has 1 aliphatic rings. The van der Waals surface area contributed by atoms with Crippen LogP contribution in [0.25, 0.3) is 11.3 Å². The van der Waals surface area contributed by atoms with E-state index in [1.165, 1.54) is 28.7 Å². The van der Waals surface area contributed by atoms with Crippen molar-refractivity contribution in [3.63, 3.8) is 0 Å². The van der Waals surface area contributed by atoms with E-state index in [0.717, 1.165) is 22.6 Å². The highest BCUT2D eigenvalue weighted by Crippen LogP contribution is 2.32. The molecule has 0 radical (unpaired) electrons. The zero-order valence-electron chi connectivity index (χ0n) is 14.6. The van der Waals surface area contributed by atoms with Crippen molar-refractivity contribution in [3.05, 3.63) is 59.0 Å². The molecule has 2 heterocycles. The third-order valence-electron chi connectivity index (χ3n) is 4.26. The number of thioether (sulfide) groups is 1. The number of amides is 2. The molecule has 1 aliphatic heterocycles. The Morgan fingerprint density at radius 1 is 1.22 bits per heavy atom. The fourth-order valence-corrected chi connectivity index (χ4v) is 4.27. The number of benzene rings is 2. The lowest BCUT2D eigenvalue weighted by Crippen LogP contribution is -2.19. The van der Waals surface area contributed by atoms with Crippen LogP contribution >= 0.6 is 23.1 Å². The molecule has 0 bridgehead atoms. The zero-order valence-corrected chi connectivity index (χ0v) is 16.2. The summed E-state index contributed by atoms with van der Waals surface area (Å²) in [6.45, 7) is 2.12. The van der Waals surface area contributed by atoms with Crippen molar-refractivity contribution < 1.29 is 9.59 Å². The summed E-state index contributed by atoms with van der Waals surface area (Å²) < 4.78 is 0. The Kier molecular flexibility index (Phi) is 4.96. The molecule has 7 heteroatoms. The van der Waals surface area contributed by atoms with Gasteiger partial charge in [0.15, 0.2) is 5.13 Å². The standard InChI is InChI=1S/C20H17N3O2S2/c1-2-12-3-5-13(6-4-12)16-10-27-20(22-16)23-19(25)14-7-8-17-15(9-14)21-18(24)11-26-17/h3-10H,2,11H2,1H3,(H,21,24)(H,22,23,25). The molecule has 2 N–H and O–H groups in total. The average Bonchev–Trinajstić information content (AvgIpc) is 3.16. The van der Waals surface area contributed by atoms with Gasteiger partial charge in [0.2, 0.25) is 5.91 Å². The van der Waals surface area contributed by atoms with Gasteiger partial charge in [-0.25, -0.2) is 4.98 Å². The predicted molar refractivity (Wildman–Crippen MR) is 111 cm³/mol. The molecule has 27 heavy (non-hydrogen) atoms. The molecule has 136 valence electrons. The van der Waals surface area contributed by atoms with Crippen LogP contribution in [0.15, 0.2) is 52.7 Å². The molecule has 0 saturated heterocycles. The number of nitrogens with one attached hydrogen (secondary N) is 2.